The number of nitrogens with one attached hydrogen (secondary N) is 2. The van der Waals surface area contributed by atoms with Crippen molar-refractivity contribution in [2.24, 2.45) is 0 Å². The topological polar surface area (TPSA) is 97.1 Å². The van der Waals surface area contributed by atoms with E-state index >= 15 is 0 Å². The van der Waals surface area contributed by atoms with Crippen molar-refractivity contribution < 1.29 is 14.0 Å². The Kier molecular flexibility index (Phi) is 6.10. The molecule has 27 heavy (non-hydrogen) atoms. The summed E-state index contributed by atoms with van der Waals surface area (Å²) in [5, 5.41) is 14.0. The maximum absolute atomic E-state index is 12.1. The van der Waals surface area contributed by atoms with Crippen molar-refractivity contribution in [2.45, 2.75) is 5.22 Å². The van der Waals surface area contributed by atoms with Gasteiger partial charge in [-0.05, 0) is 36.4 Å². The highest BCUT2D eigenvalue weighted by Gasteiger charge is 2.12. The lowest BCUT2D eigenvalue weighted by Crippen LogP contribution is -2.18. The second kappa shape index (κ2) is 8.70. The Hall–Kier alpha value is -2.84. The summed E-state index contributed by atoms with van der Waals surface area (Å²) in [6.07, 6.45) is 0. The zero-order valence-corrected chi connectivity index (χ0v) is 15.8. The van der Waals surface area contributed by atoms with Crippen molar-refractivity contribution >= 4 is 40.9 Å². The van der Waals surface area contributed by atoms with E-state index in [1.165, 1.54) is 0 Å². The van der Waals surface area contributed by atoms with E-state index < -0.39 is 0 Å². The summed E-state index contributed by atoms with van der Waals surface area (Å²) in [6, 6.07) is 13.7. The van der Waals surface area contributed by atoms with Crippen LogP contribution >= 0.6 is 23.4 Å². The van der Waals surface area contributed by atoms with Gasteiger partial charge in [0.1, 0.15) is 0 Å². The molecule has 0 fully saturated rings. The molecule has 1 aromatic heterocycles. The molecule has 1 heterocycles. The SMILES string of the molecule is CNC(=O)c1cccc(NC(=O)CSc2nnc(-c3cccc(Cl)c3)o2)c1. The minimum absolute atomic E-state index is 0.0847. The molecule has 0 unspecified atom stereocenters. The normalized spacial score (nSPS) is 10.4. The molecular weight excluding hydrogens is 388 g/mol. The van der Waals surface area contributed by atoms with Gasteiger partial charge in [-0.3, -0.25) is 9.59 Å². The first-order valence-corrected chi connectivity index (χ1v) is 9.26. The molecule has 9 heteroatoms. The van der Waals surface area contributed by atoms with Crippen LogP contribution in [0.2, 0.25) is 5.02 Å². The van der Waals surface area contributed by atoms with Gasteiger partial charge < -0.3 is 15.1 Å². The molecule has 0 radical (unpaired) electrons. The standard InChI is InChI=1S/C18H15ClN4O3S/c1-20-16(25)11-4-3-7-14(9-11)21-15(24)10-27-18-23-22-17(26-18)12-5-2-6-13(19)8-12/h2-9H,10H2,1H3,(H,20,25)(H,21,24). The molecule has 0 saturated carbocycles. The Morgan fingerprint density at radius 2 is 1.96 bits per heavy atom. The van der Waals surface area contributed by atoms with Crippen LogP contribution in [0.1, 0.15) is 10.4 Å². The molecule has 7 nitrogen and oxygen atoms in total. The Bertz CT molecular complexity index is 977. The molecular formula is C18H15ClN4O3S. The number of rotatable bonds is 6. The smallest absolute Gasteiger partial charge is 0.277 e. The number of hydrogen-bond donors (Lipinski definition) is 2. The van der Waals surface area contributed by atoms with Gasteiger partial charge in [-0.25, -0.2) is 0 Å². The number of amides is 2. The van der Waals surface area contributed by atoms with Crippen LogP contribution in [0.25, 0.3) is 11.5 Å². The van der Waals surface area contributed by atoms with Gasteiger partial charge in [0.05, 0.1) is 5.75 Å². The second-order valence-electron chi connectivity index (χ2n) is 5.38. The fourth-order valence-electron chi connectivity index (χ4n) is 2.21. The highest BCUT2D eigenvalue weighted by Crippen LogP contribution is 2.25. The predicted octanol–water partition coefficient (Wildman–Crippen LogP) is 3.48. The van der Waals surface area contributed by atoms with Gasteiger partial charge in [0, 0.05) is 28.9 Å². The molecule has 3 aromatic rings. The molecule has 2 aromatic carbocycles. The van der Waals surface area contributed by atoms with E-state index in [0.29, 0.717) is 27.7 Å². The van der Waals surface area contributed by atoms with E-state index in [4.69, 9.17) is 16.0 Å². The van der Waals surface area contributed by atoms with Crippen molar-refractivity contribution in [1.29, 1.82) is 0 Å². The van der Waals surface area contributed by atoms with Gasteiger partial charge in [-0.2, -0.15) is 0 Å². The molecule has 0 bridgehead atoms. The molecule has 2 amide bonds. The lowest BCUT2D eigenvalue weighted by Gasteiger charge is -2.06. The third-order valence-electron chi connectivity index (χ3n) is 3.44. The first kappa shape index (κ1) is 18.9. The number of carbonyl (C=O) groups is 2. The van der Waals surface area contributed by atoms with Crippen LogP contribution in [-0.2, 0) is 4.79 Å². The molecule has 2 N–H and O–H groups in total. The van der Waals surface area contributed by atoms with Gasteiger partial charge in [0.2, 0.25) is 11.8 Å². The van der Waals surface area contributed by atoms with Crippen LogP contribution < -0.4 is 10.6 Å². The minimum Gasteiger partial charge on any atom is -0.411 e. The van der Waals surface area contributed by atoms with Crippen molar-refractivity contribution in [2.75, 3.05) is 18.1 Å². The van der Waals surface area contributed by atoms with E-state index in [0.717, 1.165) is 11.8 Å². The molecule has 0 aliphatic heterocycles. The summed E-state index contributed by atoms with van der Waals surface area (Å²) in [4.78, 5) is 23.8. The van der Waals surface area contributed by atoms with Crippen LogP contribution in [0.4, 0.5) is 5.69 Å². The summed E-state index contributed by atoms with van der Waals surface area (Å²) in [6.45, 7) is 0. The number of hydrogen-bond acceptors (Lipinski definition) is 6. The third kappa shape index (κ3) is 5.08. The van der Waals surface area contributed by atoms with E-state index in [1.807, 2.05) is 0 Å². The lowest BCUT2D eigenvalue weighted by atomic mass is 10.2. The van der Waals surface area contributed by atoms with Crippen molar-refractivity contribution in [1.82, 2.24) is 15.5 Å². The van der Waals surface area contributed by atoms with Crippen molar-refractivity contribution in [3.8, 4) is 11.5 Å². The zero-order valence-electron chi connectivity index (χ0n) is 14.2. The highest BCUT2D eigenvalue weighted by molar-refractivity contribution is 7.99. The molecule has 0 aliphatic carbocycles. The van der Waals surface area contributed by atoms with E-state index in [-0.39, 0.29) is 22.8 Å². The largest absolute Gasteiger partial charge is 0.411 e. The van der Waals surface area contributed by atoms with Crippen LogP contribution in [0.5, 0.6) is 0 Å². The molecule has 138 valence electrons. The molecule has 0 atom stereocenters. The maximum atomic E-state index is 12.1. The number of aromatic nitrogens is 2. The Balaban J connectivity index is 1.58. The summed E-state index contributed by atoms with van der Waals surface area (Å²) in [5.41, 5.74) is 1.70. The molecule has 3 rings (SSSR count). The number of thioether (sulfide) groups is 1. The lowest BCUT2D eigenvalue weighted by molar-refractivity contribution is -0.113. The summed E-state index contributed by atoms with van der Waals surface area (Å²) in [5.74, 6) is -0.0587. The maximum Gasteiger partial charge on any atom is 0.277 e. The average Bonchev–Trinajstić information content (AvgIpc) is 3.15. The van der Waals surface area contributed by atoms with Crippen LogP contribution in [0, 0.1) is 0 Å². The van der Waals surface area contributed by atoms with Gasteiger partial charge in [-0.1, -0.05) is 35.5 Å². The van der Waals surface area contributed by atoms with E-state index in [2.05, 4.69) is 20.8 Å². The number of carbonyl (C=O) groups excluding carboxylic acids is 2. The van der Waals surface area contributed by atoms with E-state index in [1.54, 1.807) is 55.6 Å². The minimum atomic E-state index is -0.253. The van der Waals surface area contributed by atoms with Crippen LogP contribution in [0.15, 0.2) is 58.2 Å². The summed E-state index contributed by atoms with van der Waals surface area (Å²) < 4.78 is 5.54. The quantitative estimate of drug-likeness (QED) is 0.612. The third-order valence-corrected chi connectivity index (χ3v) is 4.49. The molecule has 0 saturated heterocycles. The second-order valence-corrected chi connectivity index (χ2v) is 6.74. The average molecular weight is 403 g/mol. The summed E-state index contributed by atoms with van der Waals surface area (Å²) in [7, 11) is 1.55. The monoisotopic (exact) mass is 402 g/mol. The Morgan fingerprint density at radius 1 is 1.15 bits per heavy atom. The Morgan fingerprint density at radius 3 is 2.74 bits per heavy atom. The number of anilines is 1. The van der Waals surface area contributed by atoms with Gasteiger partial charge in [0.15, 0.2) is 0 Å². The van der Waals surface area contributed by atoms with E-state index in [9.17, 15) is 9.59 Å². The van der Waals surface area contributed by atoms with Gasteiger partial charge >= 0.3 is 0 Å². The molecule has 0 aliphatic rings. The fourth-order valence-corrected chi connectivity index (χ4v) is 2.97. The molecule has 0 spiro atoms. The van der Waals surface area contributed by atoms with Crippen LogP contribution in [0.3, 0.4) is 0 Å². The van der Waals surface area contributed by atoms with Crippen molar-refractivity contribution in [3.63, 3.8) is 0 Å². The van der Waals surface area contributed by atoms with Gasteiger partial charge in [0.25, 0.3) is 11.1 Å². The first-order chi connectivity index (χ1) is 13.0. The van der Waals surface area contributed by atoms with Gasteiger partial charge in [-0.15, -0.1) is 10.2 Å². The highest BCUT2D eigenvalue weighted by atomic mass is 35.5. The van der Waals surface area contributed by atoms with Crippen molar-refractivity contribution in [3.05, 3.63) is 59.1 Å². The fraction of sp³-hybridized carbons (Fsp3) is 0.111. The predicted molar refractivity (Wildman–Crippen MR) is 104 cm³/mol. The zero-order chi connectivity index (χ0) is 19.2. The first-order valence-electron chi connectivity index (χ1n) is 7.89. The number of nitrogens with zero attached hydrogens (tertiary/aromatic N) is 2. The summed E-state index contributed by atoms with van der Waals surface area (Å²) >= 11 is 7.07. The number of benzene rings is 2. The Labute approximate surface area is 164 Å². The number of halogens is 1. The van der Waals surface area contributed by atoms with Crippen LogP contribution in [-0.4, -0.2) is 34.8 Å².